The van der Waals surface area contributed by atoms with Gasteiger partial charge in [-0.05, 0) is 19.4 Å². The lowest BCUT2D eigenvalue weighted by Crippen LogP contribution is -2.37. The highest BCUT2D eigenvalue weighted by atomic mass is 19.1. The van der Waals surface area contributed by atoms with Crippen LogP contribution < -0.4 is 5.73 Å². The van der Waals surface area contributed by atoms with Crippen molar-refractivity contribution in [1.29, 1.82) is 0 Å². The second-order valence-electron chi connectivity index (χ2n) is 3.42. The number of alkyl halides is 1. The van der Waals surface area contributed by atoms with Crippen molar-refractivity contribution in [1.82, 2.24) is 4.90 Å². The van der Waals surface area contributed by atoms with Gasteiger partial charge in [0.2, 0.25) is 0 Å². The molecule has 0 aromatic rings. The topological polar surface area (TPSA) is 38.5 Å². The van der Waals surface area contributed by atoms with Gasteiger partial charge in [0, 0.05) is 19.6 Å². The van der Waals surface area contributed by atoms with Crippen LogP contribution in [-0.4, -0.2) is 50.5 Å². The summed E-state index contributed by atoms with van der Waals surface area (Å²) in [6.45, 7) is 4.74. The molecule has 78 valence electrons. The summed E-state index contributed by atoms with van der Waals surface area (Å²) in [4.78, 5) is 2.24. The van der Waals surface area contributed by atoms with Crippen molar-refractivity contribution in [2.45, 2.75) is 19.0 Å². The van der Waals surface area contributed by atoms with Crippen LogP contribution in [0.15, 0.2) is 0 Å². The minimum Gasteiger partial charge on any atom is -0.379 e. The van der Waals surface area contributed by atoms with Gasteiger partial charge in [-0.25, -0.2) is 4.39 Å². The minimum atomic E-state index is -0.729. The number of hydrogen-bond donors (Lipinski definition) is 1. The first-order chi connectivity index (χ1) is 6.33. The fourth-order valence-corrected chi connectivity index (χ4v) is 1.47. The molecule has 4 heteroatoms. The Kier molecular flexibility index (Phi) is 5.27. The summed E-state index contributed by atoms with van der Waals surface area (Å²) >= 11 is 0. The Balaban J connectivity index is 2.03. The van der Waals surface area contributed by atoms with Crippen molar-refractivity contribution in [3.8, 4) is 0 Å². The molecule has 0 spiro atoms. The molecule has 0 aromatic heterocycles. The number of hydrogen-bond acceptors (Lipinski definition) is 3. The smallest absolute Gasteiger partial charge is 0.103 e. The Morgan fingerprint density at radius 1 is 1.31 bits per heavy atom. The molecule has 0 saturated carbocycles. The first-order valence-electron chi connectivity index (χ1n) is 4.97. The lowest BCUT2D eigenvalue weighted by molar-refractivity contribution is 0.0341. The van der Waals surface area contributed by atoms with Crippen LogP contribution in [0, 0.1) is 0 Å². The molecule has 1 rings (SSSR count). The van der Waals surface area contributed by atoms with Crippen LogP contribution in [0.4, 0.5) is 4.39 Å². The Morgan fingerprint density at radius 2 is 2.00 bits per heavy atom. The van der Waals surface area contributed by atoms with E-state index in [2.05, 4.69) is 4.90 Å². The zero-order valence-electron chi connectivity index (χ0n) is 8.04. The number of nitrogens with zero attached hydrogens (tertiary/aromatic N) is 1. The molecule has 0 bridgehead atoms. The standard InChI is InChI=1S/C9H19FN2O/c10-9(1-3-11)2-4-12-5-7-13-8-6-12/h9H,1-8,11H2. The fraction of sp³-hybridized carbons (Fsp3) is 1.00. The summed E-state index contributed by atoms with van der Waals surface area (Å²) < 4.78 is 18.2. The second kappa shape index (κ2) is 6.29. The van der Waals surface area contributed by atoms with Gasteiger partial charge in [-0.2, -0.15) is 0 Å². The maximum absolute atomic E-state index is 13.0. The highest BCUT2D eigenvalue weighted by Gasteiger charge is 2.12. The van der Waals surface area contributed by atoms with Crippen LogP contribution >= 0.6 is 0 Å². The van der Waals surface area contributed by atoms with E-state index in [-0.39, 0.29) is 0 Å². The monoisotopic (exact) mass is 190 g/mol. The Morgan fingerprint density at radius 3 is 2.62 bits per heavy atom. The van der Waals surface area contributed by atoms with Crippen molar-refractivity contribution in [2.24, 2.45) is 5.73 Å². The van der Waals surface area contributed by atoms with Gasteiger partial charge < -0.3 is 10.5 Å². The third-order valence-corrected chi connectivity index (χ3v) is 2.34. The molecule has 1 saturated heterocycles. The van der Waals surface area contributed by atoms with E-state index in [1.165, 1.54) is 0 Å². The molecule has 2 N–H and O–H groups in total. The molecule has 3 nitrogen and oxygen atoms in total. The van der Waals surface area contributed by atoms with Crippen LogP contribution in [0.1, 0.15) is 12.8 Å². The summed E-state index contributed by atoms with van der Waals surface area (Å²) in [5, 5.41) is 0. The van der Waals surface area contributed by atoms with Gasteiger partial charge >= 0.3 is 0 Å². The van der Waals surface area contributed by atoms with Crippen molar-refractivity contribution >= 4 is 0 Å². The van der Waals surface area contributed by atoms with Gasteiger partial charge in [0.1, 0.15) is 6.17 Å². The fourth-order valence-electron chi connectivity index (χ4n) is 1.47. The molecule has 0 radical (unpaired) electrons. The molecule has 1 fully saturated rings. The van der Waals surface area contributed by atoms with E-state index in [0.29, 0.717) is 19.4 Å². The van der Waals surface area contributed by atoms with E-state index in [1.54, 1.807) is 0 Å². The Labute approximate surface area is 79.0 Å². The van der Waals surface area contributed by atoms with E-state index in [0.717, 1.165) is 32.8 Å². The first-order valence-corrected chi connectivity index (χ1v) is 4.97. The molecule has 1 unspecified atom stereocenters. The lowest BCUT2D eigenvalue weighted by Gasteiger charge is -2.26. The summed E-state index contributed by atoms with van der Waals surface area (Å²) in [6, 6.07) is 0. The Hall–Kier alpha value is -0.190. The van der Waals surface area contributed by atoms with Crippen LogP contribution in [-0.2, 0) is 4.74 Å². The summed E-state index contributed by atoms with van der Waals surface area (Å²) in [5.41, 5.74) is 5.26. The molecule has 1 atom stereocenters. The molecule has 0 aromatic carbocycles. The number of nitrogens with two attached hydrogens (primary N) is 1. The van der Waals surface area contributed by atoms with Crippen LogP contribution in [0.25, 0.3) is 0 Å². The van der Waals surface area contributed by atoms with Crippen molar-refractivity contribution in [3.63, 3.8) is 0 Å². The number of halogens is 1. The second-order valence-corrected chi connectivity index (χ2v) is 3.42. The SMILES string of the molecule is NCCC(F)CCN1CCOCC1. The average molecular weight is 190 g/mol. The van der Waals surface area contributed by atoms with E-state index < -0.39 is 6.17 Å². The van der Waals surface area contributed by atoms with Gasteiger partial charge in [-0.15, -0.1) is 0 Å². The third kappa shape index (κ3) is 4.55. The van der Waals surface area contributed by atoms with E-state index in [4.69, 9.17) is 10.5 Å². The minimum absolute atomic E-state index is 0.449. The molecular formula is C9H19FN2O. The highest BCUT2D eigenvalue weighted by Crippen LogP contribution is 2.05. The van der Waals surface area contributed by atoms with Crippen molar-refractivity contribution in [2.75, 3.05) is 39.4 Å². The Bertz CT molecular complexity index is 129. The zero-order valence-corrected chi connectivity index (χ0v) is 8.04. The lowest BCUT2D eigenvalue weighted by atomic mass is 10.2. The van der Waals surface area contributed by atoms with Gasteiger partial charge in [0.25, 0.3) is 0 Å². The van der Waals surface area contributed by atoms with Crippen molar-refractivity contribution < 1.29 is 9.13 Å². The third-order valence-electron chi connectivity index (χ3n) is 2.34. The molecular weight excluding hydrogens is 171 g/mol. The van der Waals surface area contributed by atoms with E-state index in [1.807, 2.05) is 0 Å². The van der Waals surface area contributed by atoms with Crippen LogP contribution in [0.2, 0.25) is 0 Å². The predicted molar refractivity (Wildman–Crippen MR) is 50.4 cm³/mol. The maximum atomic E-state index is 13.0. The average Bonchev–Trinajstić information content (AvgIpc) is 2.17. The van der Waals surface area contributed by atoms with Gasteiger partial charge in [0.15, 0.2) is 0 Å². The first kappa shape index (κ1) is 10.9. The summed E-state index contributed by atoms with van der Waals surface area (Å²) in [5.74, 6) is 0. The molecule has 13 heavy (non-hydrogen) atoms. The quantitative estimate of drug-likeness (QED) is 0.682. The number of ether oxygens (including phenoxy) is 1. The molecule has 0 amide bonds. The maximum Gasteiger partial charge on any atom is 0.103 e. The van der Waals surface area contributed by atoms with Gasteiger partial charge in [0.05, 0.1) is 13.2 Å². The van der Waals surface area contributed by atoms with Crippen LogP contribution in [0.5, 0.6) is 0 Å². The van der Waals surface area contributed by atoms with Crippen LogP contribution in [0.3, 0.4) is 0 Å². The number of rotatable bonds is 5. The normalized spacial score (nSPS) is 21.7. The number of morpholine rings is 1. The van der Waals surface area contributed by atoms with Crippen molar-refractivity contribution in [3.05, 3.63) is 0 Å². The summed E-state index contributed by atoms with van der Waals surface area (Å²) in [7, 11) is 0. The van der Waals surface area contributed by atoms with E-state index in [9.17, 15) is 4.39 Å². The largest absolute Gasteiger partial charge is 0.379 e. The van der Waals surface area contributed by atoms with E-state index >= 15 is 0 Å². The molecule has 0 aliphatic carbocycles. The predicted octanol–water partition coefficient (Wildman–Crippen LogP) is 0.396. The highest BCUT2D eigenvalue weighted by molar-refractivity contribution is 4.65. The molecule has 1 aliphatic rings. The van der Waals surface area contributed by atoms with Gasteiger partial charge in [-0.3, -0.25) is 4.90 Å². The zero-order chi connectivity index (χ0) is 9.52. The summed E-state index contributed by atoms with van der Waals surface area (Å²) in [6.07, 6.45) is 0.370. The molecule has 1 heterocycles. The molecule has 1 aliphatic heterocycles. The van der Waals surface area contributed by atoms with Gasteiger partial charge in [-0.1, -0.05) is 0 Å².